The van der Waals surface area contributed by atoms with Gasteiger partial charge in [0.25, 0.3) is 5.56 Å². The van der Waals surface area contributed by atoms with E-state index in [9.17, 15) is 9.59 Å². The van der Waals surface area contributed by atoms with Gasteiger partial charge in [-0.05, 0) is 13.3 Å². The third-order valence-electron chi connectivity index (χ3n) is 3.88. The Morgan fingerprint density at radius 3 is 2.59 bits per heavy atom. The maximum absolute atomic E-state index is 12.5. The zero-order valence-electron chi connectivity index (χ0n) is 13.5. The predicted octanol–water partition coefficient (Wildman–Crippen LogP) is -0.411. The fourth-order valence-electron chi connectivity index (χ4n) is 2.44. The van der Waals surface area contributed by atoms with Gasteiger partial charge in [-0.1, -0.05) is 6.92 Å². The molecule has 0 fully saturated rings. The molecule has 0 aliphatic carbocycles. The molecular formula is C14H23N5O3. The summed E-state index contributed by atoms with van der Waals surface area (Å²) >= 11 is 0. The molecule has 2 aromatic rings. The maximum atomic E-state index is 12.5. The molecule has 0 spiro atoms. The molecule has 0 aromatic carbocycles. The van der Waals surface area contributed by atoms with Crippen LogP contribution in [0, 0.1) is 6.92 Å². The number of hydrogen-bond donors (Lipinski definition) is 1. The largest absolute Gasteiger partial charge is 0.383 e. The second-order valence-electron chi connectivity index (χ2n) is 5.40. The van der Waals surface area contributed by atoms with E-state index in [0.29, 0.717) is 36.7 Å². The molecule has 0 aliphatic rings. The number of imidazole rings is 1. The van der Waals surface area contributed by atoms with Crippen molar-refractivity contribution in [1.82, 2.24) is 18.7 Å². The Kier molecular flexibility index (Phi) is 4.82. The van der Waals surface area contributed by atoms with Crippen molar-refractivity contribution in [3.8, 4) is 0 Å². The number of aromatic nitrogens is 4. The third-order valence-corrected chi connectivity index (χ3v) is 3.88. The molecule has 0 saturated heterocycles. The SMILES string of the molecule is CCC(N)Cn1c(C)nc2c1c(=O)n(C)c(=O)n2CCOC. The van der Waals surface area contributed by atoms with Crippen molar-refractivity contribution in [1.29, 1.82) is 0 Å². The second kappa shape index (κ2) is 6.45. The van der Waals surface area contributed by atoms with E-state index in [1.165, 1.54) is 11.6 Å². The van der Waals surface area contributed by atoms with Crippen LogP contribution < -0.4 is 17.0 Å². The molecule has 2 N–H and O–H groups in total. The molecule has 122 valence electrons. The summed E-state index contributed by atoms with van der Waals surface area (Å²) in [6.45, 7) is 5.01. The van der Waals surface area contributed by atoms with E-state index in [0.717, 1.165) is 11.0 Å². The summed E-state index contributed by atoms with van der Waals surface area (Å²) < 4.78 is 9.41. The molecule has 1 unspecified atom stereocenters. The topological polar surface area (TPSA) is 97.1 Å². The van der Waals surface area contributed by atoms with Crippen molar-refractivity contribution in [3.63, 3.8) is 0 Å². The Balaban J connectivity index is 2.75. The van der Waals surface area contributed by atoms with E-state index < -0.39 is 0 Å². The van der Waals surface area contributed by atoms with E-state index in [2.05, 4.69) is 4.98 Å². The number of hydrogen-bond acceptors (Lipinski definition) is 5. The van der Waals surface area contributed by atoms with Gasteiger partial charge in [0.1, 0.15) is 5.82 Å². The van der Waals surface area contributed by atoms with E-state index >= 15 is 0 Å². The highest BCUT2D eigenvalue weighted by atomic mass is 16.5. The zero-order chi connectivity index (χ0) is 16.4. The normalized spacial score (nSPS) is 13.0. The van der Waals surface area contributed by atoms with Crippen LogP contribution in [0.1, 0.15) is 19.2 Å². The first-order chi connectivity index (χ1) is 10.4. The second-order valence-corrected chi connectivity index (χ2v) is 5.40. The van der Waals surface area contributed by atoms with Crippen LogP contribution in [-0.2, 0) is 24.9 Å². The first-order valence-corrected chi connectivity index (χ1v) is 7.33. The van der Waals surface area contributed by atoms with Gasteiger partial charge >= 0.3 is 5.69 Å². The fourth-order valence-corrected chi connectivity index (χ4v) is 2.44. The van der Waals surface area contributed by atoms with Gasteiger partial charge in [-0.25, -0.2) is 9.78 Å². The zero-order valence-corrected chi connectivity index (χ0v) is 13.5. The molecule has 22 heavy (non-hydrogen) atoms. The number of nitrogens with two attached hydrogens (primary N) is 1. The van der Waals surface area contributed by atoms with Gasteiger partial charge in [0.15, 0.2) is 11.2 Å². The standard InChI is InChI=1S/C14H23N5O3/c1-5-10(15)8-19-9(2)16-12-11(19)13(20)17(3)14(21)18(12)6-7-22-4/h10H,5-8,15H2,1-4H3. The van der Waals surface area contributed by atoms with Gasteiger partial charge in [-0.3, -0.25) is 13.9 Å². The Labute approximate surface area is 128 Å². The van der Waals surface area contributed by atoms with Crippen LogP contribution >= 0.6 is 0 Å². The lowest BCUT2D eigenvalue weighted by atomic mass is 10.2. The Morgan fingerprint density at radius 1 is 1.32 bits per heavy atom. The molecule has 8 heteroatoms. The Hall–Kier alpha value is -1.93. The van der Waals surface area contributed by atoms with Gasteiger partial charge in [-0.2, -0.15) is 0 Å². The van der Waals surface area contributed by atoms with Crippen molar-refractivity contribution in [2.45, 2.75) is 39.4 Å². The minimum Gasteiger partial charge on any atom is -0.383 e. The maximum Gasteiger partial charge on any atom is 0.332 e. The molecule has 0 amide bonds. The summed E-state index contributed by atoms with van der Waals surface area (Å²) in [6.07, 6.45) is 0.794. The molecule has 8 nitrogen and oxygen atoms in total. The first-order valence-electron chi connectivity index (χ1n) is 7.33. The molecule has 0 bridgehead atoms. The summed E-state index contributed by atoms with van der Waals surface area (Å²) in [5, 5.41) is 0. The van der Waals surface area contributed by atoms with E-state index in [1.54, 1.807) is 11.7 Å². The van der Waals surface area contributed by atoms with E-state index in [-0.39, 0.29) is 17.3 Å². The molecule has 0 aliphatic heterocycles. The molecule has 1 atom stereocenters. The van der Waals surface area contributed by atoms with Crippen molar-refractivity contribution in [2.24, 2.45) is 12.8 Å². The molecular weight excluding hydrogens is 286 g/mol. The number of nitrogens with zero attached hydrogens (tertiary/aromatic N) is 4. The van der Waals surface area contributed by atoms with Crippen molar-refractivity contribution in [2.75, 3.05) is 13.7 Å². The van der Waals surface area contributed by atoms with Crippen molar-refractivity contribution >= 4 is 11.2 Å². The molecule has 2 rings (SSSR count). The van der Waals surface area contributed by atoms with Crippen LogP contribution in [0.4, 0.5) is 0 Å². The first kappa shape index (κ1) is 16.4. The van der Waals surface area contributed by atoms with Crippen LogP contribution in [0.5, 0.6) is 0 Å². The summed E-state index contributed by atoms with van der Waals surface area (Å²) in [5.74, 6) is 0.674. The lowest BCUT2D eigenvalue weighted by molar-refractivity contribution is 0.186. The highest BCUT2D eigenvalue weighted by Crippen LogP contribution is 2.12. The van der Waals surface area contributed by atoms with Crippen LogP contribution in [0.15, 0.2) is 9.59 Å². The fraction of sp³-hybridized carbons (Fsp3) is 0.643. The minimum atomic E-state index is -0.390. The Bertz CT molecular complexity index is 786. The summed E-state index contributed by atoms with van der Waals surface area (Å²) in [7, 11) is 3.04. The minimum absolute atomic E-state index is 0.0693. The number of fused-ring (bicyclic) bond motifs is 1. The number of rotatable bonds is 6. The lowest BCUT2D eigenvalue weighted by Gasteiger charge is -2.13. The number of methoxy groups -OCH3 is 1. The highest BCUT2D eigenvalue weighted by Gasteiger charge is 2.19. The molecule has 2 heterocycles. The monoisotopic (exact) mass is 309 g/mol. The van der Waals surface area contributed by atoms with Gasteiger partial charge in [0.2, 0.25) is 0 Å². The molecule has 0 saturated carbocycles. The van der Waals surface area contributed by atoms with Gasteiger partial charge in [0.05, 0.1) is 13.2 Å². The number of ether oxygens (including phenoxy) is 1. The lowest BCUT2D eigenvalue weighted by Crippen LogP contribution is -2.39. The third kappa shape index (κ3) is 2.71. The van der Waals surface area contributed by atoms with Crippen LogP contribution in [0.2, 0.25) is 0 Å². The van der Waals surface area contributed by atoms with Gasteiger partial charge < -0.3 is 15.0 Å². The van der Waals surface area contributed by atoms with Crippen molar-refractivity contribution < 1.29 is 4.74 Å². The summed E-state index contributed by atoms with van der Waals surface area (Å²) in [4.78, 5) is 29.2. The van der Waals surface area contributed by atoms with Gasteiger partial charge in [-0.15, -0.1) is 0 Å². The Morgan fingerprint density at radius 2 is 2.00 bits per heavy atom. The van der Waals surface area contributed by atoms with Gasteiger partial charge in [0, 0.05) is 26.7 Å². The predicted molar refractivity (Wildman–Crippen MR) is 84.1 cm³/mol. The summed E-state index contributed by atoms with van der Waals surface area (Å²) in [6, 6.07) is -0.0693. The van der Waals surface area contributed by atoms with E-state index in [1.807, 2.05) is 13.8 Å². The van der Waals surface area contributed by atoms with Crippen LogP contribution in [0.25, 0.3) is 11.2 Å². The smallest absolute Gasteiger partial charge is 0.332 e. The van der Waals surface area contributed by atoms with Crippen molar-refractivity contribution in [3.05, 3.63) is 26.7 Å². The molecule has 2 aromatic heterocycles. The van der Waals surface area contributed by atoms with Crippen LogP contribution in [0.3, 0.4) is 0 Å². The summed E-state index contributed by atoms with van der Waals surface area (Å²) in [5.41, 5.74) is 6.09. The average Bonchev–Trinajstić information content (AvgIpc) is 2.81. The van der Waals surface area contributed by atoms with E-state index in [4.69, 9.17) is 10.5 Å². The highest BCUT2D eigenvalue weighted by molar-refractivity contribution is 5.71. The quantitative estimate of drug-likeness (QED) is 0.782. The molecule has 0 radical (unpaired) electrons. The van der Waals surface area contributed by atoms with Crippen LogP contribution in [-0.4, -0.2) is 38.4 Å². The number of aryl methyl sites for hydroxylation is 1. The average molecular weight is 309 g/mol.